The van der Waals surface area contributed by atoms with Crippen molar-refractivity contribution in [1.82, 2.24) is 14.5 Å². The van der Waals surface area contributed by atoms with E-state index < -0.39 is 5.97 Å². The molecule has 1 N–H and O–H groups in total. The molecule has 0 aliphatic rings. The fourth-order valence-corrected chi connectivity index (χ4v) is 3.12. The maximum absolute atomic E-state index is 10.8. The van der Waals surface area contributed by atoms with Gasteiger partial charge >= 0.3 is 5.97 Å². The lowest BCUT2D eigenvalue weighted by Crippen LogP contribution is -2.09. The second kappa shape index (κ2) is 6.93. The molecule has 21 heavy (non-hydrogen) atoms. The van der Waals surface area contributed by atoms with Crippen molar-refractivity contribution in [2.45, 2.75) is 44.8 Å². The highest BCUT2D eigenvalue weighted by atomic mass is 32.2. The van der Waals surface area contributed by atoms with Crippen LogP contribution in [0.1, 0.15) is 39.7 Å². The lowest BCUT2D eigenvalue weighted by Gasteiger charge is -2.18. The summed E-state index contributed by atoms with van der Waals surface area (Å²) in [7, 11) is 0. The van der Waals surface area contributed by atoms with Crippen molar-refractivity contribution in [3.8, 4) is 0 Å². The van der Waals surface area contributed by atoms with Crippen molar-refractivity contribution in [3.05, 3.63) is 18.5 Å². The van der Waals surface area contributed by atoms with Crippen LogP contribution in [0.25, 0.3) is 11.0 Å². The molecule has 2 aromatic rings. The monoisotopic (exact) mass is 307 g/mol. The smallest absolute Gasteiger partial charge is 0.313 e. The zero-order valence-electron chi connectivity index (χ0n) is 12.6. The standard InChI is InChI=1S/C15H21N3O2S/c1-10(2)4-5-11(3)18-13-6-7-16-8-12(13)17-15(18)21-9-14(19)20/h6-8,10-11H,4-5,9H2,1-3H3,(H,19,20). The van der Waals surface area contributed by atoms with Crippen LogP contribution >= 0.6 is 11.8 Å². The number of fused-ring (bicyclic) bond motifs is 1. The number of carboxylic acids is 1. The molecule has 0 spiro atoms. The van der Waals surface area contributed by atoms with Crippen molar-refractivity contribution in [2.75, 3.05) is 5.75 Å². The molecule has 0 saturated carbocycles. The number of carbonyl (C=O) groups is 1. The third kappa shape index (κ3) is 3.97. The molecule has 0 fully saturated rings. The summed E-state index contributed by atoms with van der Waals surface area (Å²) in [6.07, 6.45) is 5.66. The van der Waals surface area contributed by atoms with Crippen LogP contribution in [0.2, 0.25) is 0 Å². The Morgan fingerprint density at radius 3 is 2.81 bits per heavy atom. The highest BCUT2D eigenvalue weighted by Gasteiger charge is 2.17. The average Bonchev–Trinajstić information content (AvgIpc) is 2.80. The summed E-state index contributed by atoms with van der Waals surface area (Å²) in [5.74, 6) is -0.154. The van der Waals surface area contributed by atoms with Gasteiger partial charge in [-0.3, -0.25) is 9.78 Å². The van der Waals surface area contributed by atoms with Gasteiger partial charge in [0.15, 0.2) is 5.16 Å². The zero-order valence-corrected chi connectivity index (χ0v) is 13.4. The number of hydrogen-bond donors (Lipinski definition) is 1. The fraction of sp³-hybridized carbons (Fsp3) is 0.533. The first-order chi connectivity index (χ1) is 9.99. The topological polar surface area (TPSA) is 68.0 Å². The Hall–Kier alpha value is -1.56. The van der Waals surface area contributed by atoms with Gasteiger partial charge in [-0.15, -0.1) is 0 Å². The van der Waals surface area contributed by atoms with E-state index in [-0.39, 0.29) is 11.8 Å². The third-order valence-electron chi connectivity index (χ3n) is 3.39. The molecule has 2 rings (SSSR count). The molecule has 0 amide bonds. The normalized spacial score (nSPS) is 13.0. The Balaban J connectivity index is 2.32. The van der Waals surface area contributed by atoms with Crippen molar-refractivity contribution < 1.29 is 9.90 Å². The first kappa shape index (κ1) is 15.8. The van der Waals surface area contributed by atoms with Crippen LogP contribution in [-0.2, 0) is 4.79 Å². The zero-order chi connectivity index (χ0) is 15.4. The second-order valence-corrected chi connectivity index (χ2v) is 6.57. The van der Waals surface area contributed by atoms with Crippen LogP contribution in [0, 0.1) is 5.92 Å². The number of aromatic nitrogens is 3. The van der Waals surface area contributed by atoms with E-state index in [9.17, 15) is 4.79 Å². The van der Waals surface area contributed by atoms with Crippen molar-refractivity contribution in [3.63, 3.8) is 0 Å². The molecule has 0 aromatic carbocycles. The number of thioether (sulfide) groups is 1. The Bertz CT molecular complexity index is 624. The molecular weight excluding hydrogens is 286 g/mol. The summed E-state index contributed by atoms with van der Waals surface area (Å²) < 4.78 is 2.15. The molecule has 2 heterocycles. The summed E-state index contributed by atoms with van der Waals surface area (Å²) in [6, 6.07) is 2.23. The number of hydrogen-bond acceptors (Lipinski definition) is 4. The molecule has 114 valence electrons. The first-order valence-corrected chi connectivity index (χ1v) is 8.14. The van der Waals surface area contributed by atoms with Crippen molar-refractivity contribution in [1.29, 1.82) is 0 Å². The molecule has 5 nitrogen and oxygen atoms in total. The number of pyridine rings is 1. The molecule has 1 unspecified atom stereocenters. The number of aliphatic carboxylic acids is 1. The highest BCUT2D eigenvalue weighted by Crippen LogP contribution is 2.29. The molecule has 6 heteroatoms. The van der Waals surface area contributed by atoms with Gasteiger partial charge in [0.25, 0.3) is 0 Å². The first-order valence-electron chi connectivity index (χ1n) is 7.15. The van der Waals surface area contributed by atoms with Gasteiger partial charge in [0.2, 0.25) is 0 Å². The molecule has 0 saturated heterocycles. The van der Waals surface area contributed by atoms with E-state index in [1.54, 1.807) is 12.4 Å². The quantitative estimate of drug-likeness (QED) is 0.791. The van der Waals surface area contributed by atoms with Gasteiger partial charge in [0, 0.05) is 12.2 Å². The van der Waals surface area contributed by atoms with Crippen LogP contribution in [-0.4, -0.2) is 31.4 Å². The lowest BCUT2D eigenvalue weighted by atomic mass is 10.0. The Labute approximate surface area is 128 Å². The molecule has 0 aliphatic carbocycles. The van der Waals surface area contributed by atoms with E-state index >= 15 is 0 Å². The molecule has 1 atom stereocenters. The number of imidazole rings is 1. The summed E-state index contributed by atoms with van der Waals surface area (Å²) in [6.45, 7) is 6.58. The van der Waals surface area contributed by atoms with Gasteiger partial charge in [-0.25, -0.2) is 4.98 Å². The van der Waals surface area contributed by atoms with Crippen LogP contribution in [0.3, 0.4) is 0 Å². The SMILES string of the molecule is CC(C)CCC(C)n1c(SCC(=O)O)nc2cnccc21. The van der Waals surface area contributed by atoms with Crippen molar-refractivity contribution in [2.24, 2.45) is 5.92 Å². The van der Waals surface area contributed by atoms with E-state index in [1.807, 2.05) is 6.07 Å². The maximum atomic E-state index is 10.8. The van der Waals surface area contributed by atoms with Crippen LogP contribution in [0.15, 0.2) is 23.6 Å². The van der Waals surface area contributed by atoms with Gasteiger partial charge in [-0.1, -0.05) is 25.6 Å². The van der Waals surface area contributed by atoms with Crippen LogP contribution in [0.5, 0.6) is 0 Å². The number of nitrogens with zero attached hydrogens (tertiary/aromatic N) is 3. The average molecular weight is 307 g/mol. The summed E-state index contributed by atoms with van der Waals surface area (Å²) in [5, 5.41) is 9.65. The molecule has 0 bridgehead atoms. The predicted molar refractivity (Wildman–Crippen MR) is 84.7 cm³/mol. The molecular formula is C15H21N3O2S. The highest BCUT2D eigenvalue weighted by molar-refractivity contribution is 7.99. The van der Waals surface area contributed by atoms with Gasteiger partial charge in [0.1, 0.15) is 5.52 Å². The van der Waals surface area contributed by atoms with Gasteiger partial charge in [0.05, 0.1) is 17.5 Å². The minimum atomic E-state index is -0.827. The second-order valence-electron chi connectivity index (χ2n) is 5.63. The minimum Gasteiger partial charge on any atom is -0.481 e. The predicted octanol–water partition coefficient (Wildman–Crippen LogP) is 3.61. The van der Waals surface area contributed by atoms with Gasteiger partial charge in [-0.2, -0.15) is 0 Å². The van der Waals surface area contributed by atoms with E-state index in [0.717, 1.165) is 29.0 Å². The summed E-state index contributed by atoms with van der Waals surface area (Å²) >= 11 is 1.27. The van der Waals surface area contributed by atoms with E-state index in [4.69, 9.17) is 5.11 Å². The lowest BCUT2D eigenvalue weighted by molar-refractivity contribution is -0.133. The van der Waals surface area contributed by atoms with Crippen molar-refractivity contribution >= 4 is 28.8 Å². The summed E-state index contributed by atoms with van der Waals surface area (Å²) in [4.78, 5) is 19.4. The third-order valence-corrected chi connectivity index (χ3v) is 4.32. The van der Waals surface area contributed by atoms with Gasteiger partial charge < -0.3 is 9.67 Å². The van der Waals surface area contributed by atoms with E-state index in [2.05, 4.69) is 35.3 Å². The number of carboxylic acid groups (broad SMARTS) is 1. The Morgan fingerprint density at radius 2 is 2.14 bits per heavy atom. The Morgan fingerprint density at radius 1 is 1.38 bits per heavy atom. The molecule has 0 radical (unpaired) electrons. The van der Waals surface area contributed by atoms with E-state index in [1.165, 1.54) is 11.8 Å². The number of rotatable bonds is 7. The fourth-order valence-electron chi connectivity index (χ4n) is 2.29. The van der Waals surface area contributed by atoms with E-state index in [0.29, 0.717) is 5.92 Å². The largest absolute Gasteiger partial charge is 0.481 e. The van der Waals surface area contributed by atoms with Crippen LogP contribution < -0.4 is 0 Å². The Kier molecular flexibility index (Phi) is 5.22. The van der Waals surface area contributed by atoms with Gasteiger partial charge in [-0.05, 0) is 31.7 Å². The molecule has 2 aromatic heterocycles. The van der Waals surface area contributed by atoms with Crippen LogP contribution in [0.4, 0.5) is 0 Å². The molecule has 0 aliphatic heterocycles. The maximum Gasteiger partial charge on any atom is 0.313 e. The summed E-state index contributed by atoms with van der Waals surface area (Å²) in [5.41, 5.74) is 1.84. The minimum absolute atomic E-state index is 0.0215.